The van der Waals surface area contributed by atoms with E-state index in [1.54, 1.807) is 30.3 Å². The molecule has 2 rings (SSSR count). The third kappa shape index (κ3) is 4.29. The van der Waals surface area contributed by atoms with Crippen LogP contribution in [0.4, 0.5) is 0 Å². The van der Waals surface area contributed by atoms with Crippen LogP contribution in [0.15, 0.2) is 53.5 Å². The van der Waals surface area contributed by atoms with E-state index in [2.05, 4.69) is 6.58 Å². The molecule has 3 nitrogen and oxygen atoms in total. The van der Waals surface area contributed by atoms with E-state index < -0.39 is 15.4 Å². The third-order valence-electron chi connectivity index (χ3n) is 3.74. The van der Waals surface area contributed by atoms with Crippen molar-refractivity contribution < 1.29 is 13.5 Å². The molecule has 0 aromatic heterocycles. The number of aliphatic hydroxyl groups is 1. The van der Waals surface area contributed by atoms with E-state index in [9.17, 15) is 13.5 Å². The van der Waals surface area contributed by atoms with E-state index in [0.717, 1.165) is 18.4 Å². The standard InChI is InChI=1S/C17H22O3S/c1-14-6-8-16(9-7-14)21(19,20)13-15(2)12-17(18)10-4-3-5-11-17/h4,6-10,18H,2-3,5,11-13H2,1H3. The maximum Gasteiger partial charge on any atom is 0.182 e. The molecule has 1 N–H and O–H groups in total. The molecular weight excluding hydrogens is 284 g/mol. The van der Waals surface area contributed by atoms with Gasteiger partial charge in [-0.3, -0.25) is 0 Å². The number of aryl methyl sites for hydroxylation is 1. The van der Waals surface area contributed by atoms with Crippen molar-refractivity contribution in [2.45, 2.75) is 43.1 Å². The van der Waals surface area contributed by atoms with Crippen LogP contribution in [0.1, 0.15) is 31.2 Å². The fourth-order valence-corrected chi connectivity index (χ4v) is 4.00. The van der Waals surface area contributed by atoms with Crippen LogP contribution < -0.4 is 0 Å². The highest BCUT2D eigenvalue weighted by Crippen LogP contribution is 2.29. The Hall–Kier alpha value is -1.39. The van der Waals surface area contributed by atoms with Gasteiger partial charge in [0.05, 0.1) is 16.2 Å². The van der Waals surface area contributed by atoms with E-state index in [1.165, 1.54) is 0 Å². The molecule has 0 spiro atoms. The first-order valence-electron chi connectivity index (χ1n) is 7.17. The zero-order valence-electron chi connectivity index (χ0n) is 12.4. The molecule has 0 saturated carbocycles. The molecule has 0 bridgehead atoms. The highest BCUT2D eigenvalue weighted by Gasteiger charge is 2.27. The first-order valence-corrected chi connectivity index (χ1v) is 8.82. The van der Waals surface area contributed by atoms with Crippen molar-refractivity contribution in [3.05, 3.63) is 54.1 Å². The van der Waals surface area contributed by atoms with Gasteiger partial charge in [-0.25, -0.2) is 8.42 Å². The molecule has 1 unspecified atom stereocenters. The summed E-state index contributed by atoms with van der Waals surface area (Å²) in [6.45, 7) is 5.77. The highest BCUT2D eigenvalue weighted by molar-refractivity contribution is 7.91. The summed E-state index contributed by atoms with van der Waals surface area (Å²) in [4.78, 5) is 0.306. The van der Waals surface area contributed by atoms with Gasteiger partial charge in [-0.1, -0.05) is 42.0 Å². The topological polar surface area (TPSA) is 54.4 Å². The van der Waals surface area contributed by atoms with Crippen molar-refractivity contribution in [2.75, 3.05) is 5.75 Å². The van der Waals surface area contributed by atoms with Gasteiger partial charge in [0.2, 0.25) is 0 Å². The fraction of sp³-hybridized carbons (Fsp3) is 0.412. The van der Waals surface area contributed by atoms with Gasteiger partial charge in [0.1, 0.15) is 0 Å². The Labute approximate surface area is 126 Å². The van der Waals surface area contributed by atoms with Gasteiger partial charge >= 0.3 is 0 Å². The van der Waals surface area contributed by atoms with Crippen LogP contribution in [0, 0.1) is 6.92 Å². The first kappa shape index (κ1) is 16.0. The second kappa shape index (κ2) is 6.16. The summed E-state index contributed by atoms with van der Waals surface area (Å²) >= 11 is 0. The van der Waals surface area contributed by atoms with Crippen molar-refractivity contribution in [3.8, 4) is 0 Å². The summed E-state index contributed by atoms with van der Waals surface area (Å²) in [5.74, 6) is -0.119. The maximum atomic E-state index is 12.3. The Morgan fingerprint density at radius 2 is 2.00 bits per heavy atom. The zero-order valence-corrected chi connectivity index (χ0v) is 13.2. The van der Waals surface area contributed by atoms with Gasteiger partial charge in [-0.05, 0) is 38.3 Å². The average molecular weight is 306 g/mol. The molecule has 0 aliphatic heterocycles. The summed E-state index contributed by atoms with van der Waals surface area (Å²) in [7, 11) is -3.39. The monoisotopic (exact) mass is 306 g/mol. The van der Waals surface area contributed by atoms with Crippen LogP contribution in [0.5, 0.6) is 0 Å². The number of rotatable bonds is 5. The molecule has 1 aromatic rings. The smallest absolute Gasteiger partial charge is 0.182 e. The van der Waals surface area contributed by atoms with E-state index in [0.29, 0.717) is 23.3 Å². The van der Waals surface area contributed by atoms with Gasteiger partial charge in [0.15, 0.2) is 9.84 Å². The third-order valence-corrected chi connectivity index (χ3v) is 5.52. The number of hydrogen-bond acceptors (Lipinski definition) is 3. The molecule has 1 atom stereocenters. The molecular formula is C17H22O3S. The molecule has 21 heavy (non-hydrogen) atoms. The minimum absolute atomic E-state index is 0.119. The Kier molecular flexibility index (Phi) is 4.69. The summed E-state index contributed by atoms with van der Waals surface area (Å²) in [6, 6.07) is 6.81. The van der Waals surface area contributed by atoms with E-state index in [-0.39, 0.29) is 5.75 Å². The lowest BCUT2D eigenvalue weighted by atomic mass is 9.86. The van der Waals surface area contributed by atoms with Crippen LogP contribution in [0.2, 0.25) is 0 Å². The molecule has 0 saturated heterocycles. The Morgan fingerprint density at radius 1 is 1.33 bits per heavy atom. The minimum atomic E-state index is -3.39. The molecule has 0 radical (unpaired) electrons. The molecule has 4 heteroatoms. The largest absolute Gasteiger partial charge is 0.385 e. The Balaban J connectivity index is 2.06. The highest BCUT2D eigenvalue weighted by atomic mass is 32.2. The van der Waals surface area contributed by atoms with Gasteiger partial charge in [-0.15, -0.1) is 0 Å². The molecule has 0 amide bonds. The summed E-state index contributed by atoms with van der Waals surface area (Å²) < 4.78 is 24.7. The quantitative estimate of drug-likeness (QED) is 0.850. The Bertz CT molecular complexity index is 641. The molecule has 0 fully saturated rings. The van der Waals surface area contributed by atoms with Crippen LogP contribution in [-0.2, 0) is 9.84 Å². The zero-order chi connectivity index (χ0) is 15.5. The predicted octanol–water partition coefficient (Wildman–Crippen LogP) is 3.19. The van der Waals surface area contributed by atoms with Crippen LogP contribution in [0.3, 0.4) is 0 Å². The molecule has 1 aromatic carbocycles. The number of sulfone groups is 1. The van der Waals surface area contributed by atoms with Gasteiger partial charge < -0.3 is 5.11 Å². The number of allylic oxidation sites excluding steroid dienone is 1. The minimum Gasteiger partial charge on any atom is -0.385 e. The number of hydrogen-bond donors (Lipinski definition) is 1. The van der Waals surface area contributed by atoms with Gasteiger partial charge in [0, 0.05) is 6.42 Å². The van der Waals surface area contributed by atoms with E-state index in [1.807, 2.05) is 13.0 Å². The molecule has 1 aliphatic carbocycles. The van der Waals surface area contributed by atoms with Crippen molar-refractivity contribution >= 4 is 9.84 Å². The Morgan fingerprint density at radius 3 is 2.57 bits per heavy atom. The summed E-state index contributed by atoms with van der Waals surface area (Å²) in [5, 5.41) is 10.4. The van der Waals surface area contributed by atoms with Crippen molar-refractivity contribution in [1.29, 1.82) is 0 Å². The summed E-state index contributed by atoms with van der Waals surface area (Å²) in [6.07, 6.45) is 6.58. The fourth-order valence-electron chi connectivity index (χ4n) is 2.64. The predicted molar refractivity (Wildman–Crippen MR) is 84.9 cm³/mol. The van der Waals surface area contributed by atoms with E-state index in [4.69, 9.17) is 0 Å². The maximum absolute atomic E-state index is 12.3. The SMILES string of the molecule is C=C(CC1(O)C=CCCC1)CS(=O)(=O)c1ccc(C)cc1. The van der Waals surface area contributed by atoms with Gasteiger partial charge in [-0.2, -0.15) is 0 Å². The lowest BCUT2D eigenvalue weighted by molar-refractivity contribution is 0.0753. The molecule has 0 heterocycles. The van der Waals surface area contributed by atoms with Crippen LogP contribution in [0.25, 0.3) is 0 Å². The van der Waals surface area contributed by atoms with Crippen molar-refractivity contribution in [3.63, 3.8) is 0 Å². The molecule has 1 aliphatic rings. The van der Waals surface area contributed by atoms with Crippen LogP contribution >= 0.6 is 0 Å². The second-order valence-electron chi connectivity index (χ2n) is 5.90. The first-order chi connectivity index (χ1) is 9.81. The van der Waals surface area contributed by atoms with E-state index >= 15 is 0 Å². The lowest BCUT2D eigenvalue weighted by Crippen LogP contribution is -2.29. The van der Waals surface area contributed by atoms with Crippen LogP contribution in [-0.4, -0.2) is 24.9 Å². The normalized spacial score (nSPS) is 22.2. The lowest BCUT2D eigenvalue weighted by Gasteiger charge is -2.28. The number of benzene rings is 1. The summed E-state index contributed by atoms with van der Waals surface area (Å²) in [5.41, 5.74) is 0.636. The molecule has 114 valence electrons. The van der Waals surface area contributed by atoms with Gasteiger partial charge in [0.25, 0.3) is 0 Å². The average Bonchev–Trinajstić information content (AvgIpc) is 2.38. The van der Waals surface area contributed by atoms with Crippen molar-refractivity contribution in [1.82, 2.24) is 0 Å². The second-order valence-corrected chi connectivity index (χ2v) is 7.89. The van der Waals surface area contributed by atoms with Crippen molar-refractivity contribution in [2.24, 2.45) is 0 Å².